The van der Waals surface area contributed by atoms with E-state index in [1.165, 1.54) is 35.5 Å². The second kappa shape index (κ2) is 8.73. The summed E-state index contributed by atoms with van der Waals surface area (Å²) in [4.78, 5) is 4.74. The van der Waals surface area contributed by atoms with E-state index in [1.54, 1.807) is 0 Å². The second-order valence-electron chi connectivity index (χ2n) is 4.48. The van der Waals surface area contributed by atoms with Crippen molar-refractivity contribution in [3.05, 3.63) is 64.1 Å². The van der Waals surface area contributed by atoms with E-state index in [2.05, 4.69) is 4.98 Å². The Bertz CT molecular complexity index is 698. The third-order valence-corrected chi connectivity index (χ3v) is 4.80. The smallest absolute Gasteiger partial charge is 0.301 e. The number of allylic oxidation sites excluding steroid dienone is 1. The maximum Gasteiger partial charge on any atom is 0.301 e. The molecule has 1 aromatic carbocycles. The summed E-state index contributed by atoms with van der Waals surface area (Å²) >= 11 is 2.44. The van der Waals surface area contributed by atoms with E-state index >= 15 is 0 Å². The van der Waals surface area contributed by atoms with Gasteiger partial charge in [0, 0.05) is 17.7 Å². The van der Waals surface area contributed by atoms with Crippen LogP contribution in [-0.4, -0.2) is 21.7 Å². The Morgan fingerprint density at radius 2 is 2.00 bits per heavy atom. The number of hydroxylamine groups is 1. The van der Waals surface area contributed by atoms with Gasteiger partial charge in [0.15, 0.2) is 22.9 Å². The molecule has 0 spiro atoms. The van der Waals surface area contributed by atoms with Crippen molar-refractivity contribution in [1.82, 2.24) is 4.98 Å². The number of rotatable bonds is 7. The van der Waals surface area contributed by atoms with Crippen molar-refractivity contribution >= 4 is 29.3 Å². The first-order valence-corrected chi connectivity index (χ1v) is 8.45. The van der Waals surface area contributed by atoms with Gasteiger partial charge in [-0.25, -0.2) is 14.1 Å². The molecule has 1 heterocycles. The van der Waals surface area contributed by atoms with E-state index in [9.17, 15) is 18.4 Å². The Balaban J connectivity index is 1.89. The van der Waals surface area contributed by atoms with Crippen LogP contribution in [0, 0.1) is 5.21 Å². The van der Waals surface area contributed by atoms with Crippen molar-refractivity contribution in [3.63, 3.8) is 0 Å². The summed E-state index contributed by atoms with van der Waals surface area (Å²) in [6.07, 6.45) is 0.343. The number of thioether (sulfide) groups is 1. The SMILES string of the molecule is [O-]/[N+](=C\c1cnc(SCCC(F)=C(F)F)s1)Cc1ccccc1. The average molecular weight is 358 g/mol. The Labute approximate surface area is 139 Å². The highest BCUT2D eigenvalue weighted by Gasteiger charge is 2.08. The number of aromatic nitrogens is 1. The number of nitrogens with zero attached hydrogens (tertiary/aromatic N) is 2. The van der Waals surface area contributed by atoms with Gasteiger partial charge in [0.25, 0.3) is 0 Å². The number of halogens is 3. The first-order chi connectivity index (χ1) is 11.0. The zero-order valence-electron chi connectivity index (χ0n) is 11.9. The van der Waals surface area contributed by atoms with Crippen LogP contribution >= 0.6 is 23.1 Å². The molecule has 2 rings (SSSR count). The zero-order chi connectivity index (χ0) is 16.7. The van der Waals surface area contributed by atoms with Crippen molar-refractivity contribution in [3.8, 4) is 0 Å². The van der Waals surface area contributed by atoms with Crippen molar-refractivity contribution in [2.75, 3.05) is 5.75 Å². The second-order valence-corrected chi connectivity index (χ2v) is 6.89. The molecule has 0 saturated carbocycles. The highest BCUT2D eigenvalue weighted by molar-refractivity contribution is 8.01. The van der Waals surface area contributed by atoms with Crippen molar-refractivity contribution in [1.29, 1.82) is 0 Å². The Morgan fingerprint density at radius 1 is 1.26 bits per heavy atom. The molecule has 0 aliphatic heterocycles. The fraction of sp³-hybridized carbons (Fsp3) is 0.200. The molecule has 1 aromatic heterocycles. The average Bonchev–Trinajstić information content (AvgIpc) is 2.95. The number of hydrogen-bond donors (Lipinski definition) is 0. The molecule has 0 fully saturated rings. The fourth-order valence-electron chi connectivity index (χ4n) is 1.67. The van der Waals surface area contributed by atoms with Crippen LogP contribution in [0.5, 0.6) is 0 Å². The first-order valence-electron chi connectivity index (χ1n) is 6.65. The van der Waals surface area contributed by atoms with Crippen LogP contribution < -0.4 is 0 Å². The van der Waals surface area contributed by atoms with Gasteiger partial charge in [-0.1, -0.05) is 42.1 Å². The van der Waals surface area contributed by atoms with Crippen LogP contribution in [0.2, 0.25) is 0 Å². The number of thiazole rings is 1. The summed E-state index contributed by atoms with van der Waals surface area (Å²) in [5, 5.41) is 11.9. The van der Waals surface area contributed by atoms with Gasteiger partial charge in [0.05, 0.1) is 6.20 Å². The monoisotopic (exact) mass is 358 g/mol. The zero-order valence-corrected chi connectivity index (χ0v) is 13.5. The van der Waals surface area contributed by atoms with Gasteiger partial charge < -0.3 is 5.21 Å². The van der Waals surface area contributed by atoms with Gasteiger partial charge >= 0.3 is 6.08 Å². The van der Waals surface area contributed by atoms with Crippen LogP contribution in [0.4, 0.5) is 13.2 Å². The summed E-state index contributed by atoms with van der Waals surface area (Å²) in [6, 6.07) is 9.32. The summed E-state index contributed by atoms with van der Waals surface area (Å²) in [5.74, 6) is -1.23. The summed E-state index contributed by atoms with van der Waals surface area (Å²) in [6.45, 7) is 0.229. The van der Waals surface area contributed by atoms with E-state index in [4.69, 9.17) is 0 Å². The molecule has 0 N–H and O–H groups in total. The maximum absolute atomic E-state index is 12.7. The van der Waals surface area contributed by atoms with Gasteiger partial charge in [-0.05, 0) is 0 Å². The Morgan fingerprint density at radius 3 is 2.70 bits per heavy atom. The molecule has 8 heteroatoms. The molecule has 0 aliphatic carbocycles. The molecule has 0 radical (unpaired) electrons. The minimum absolute atomic E-state index is 0.168. The molecule has 23 heavy (non-hydrogen) atoms. The van der Waals surface area contributed by atoms with Crippen molar-refractivity contribution in [2.45, 2.75) is 17.3 Å². The van der Waals surface area contributed by atoms with Crippen LogP contribution in [0.1, 0.15) is 16.9 Å². The molecule has 2 aromatic rings. The Kier molecular flexibility index (Phi) is 6.66. The molecule has 3 nitrogen and oxygen atoms in total. The van der Waals surface area contributed by atoms with Gasteiger partial charge in [-0.15, -0.1) is 11.3 Å². The van der Waals surface area contributed by atoms with E-state index < -0.39 is 11.9 Å². The molecule has 0 saturated heterocycles. The highest BCUT2D eigenvalue weighted by Crippen LogP contribution is 2.26. The molecule has 0 aliphatic rings. The Hall–Kier alpha value is -1.80. The van der Waals surface area contributed by atoms with Gasteiger partial charge in [-0.2, -0.15) is 8.78 Å². The quantitative estimate of drug-likeness (QED) is 0.234. The summed E-state index contributed by atoms with van der Waals surface area (Å²) < 4.78 is 37.9. The van der Waals surface area contributed by atoms with Crippen LogP contribution in [0.25, 0.3) is 0 Å². The summed E-state index contributed by atoms with van der Waals surface area (Å²) in [7, 11) is 0. The fourth-order valence-corrected chi connectivity index (χ4v) is 3.61. The lowest BCUT2D eigenvalue weighted by Crippen LogP contribution is -2.04. The maximum atomic E-state index is 12.7. The van der Waals surface area contributed by atoms with Gasteiger partial charge in [-0.3, -0.25) is 0 Å². The molecule has 0 bridgehead atoms. The lowest BCUT2D eigenvalue weighted by atomic mass is 10.2. The minimum Gasteiger partial charge on any atom is -0.624 e. The van der Waals surface area contributed by atoms with Gasteiger partial charge in [0.1, 0.15) is 4.88 Å². The minimum atomic E-state index is -2.28. The van der Waals surface area contributed by atoms with E-state index in [0.717, 1.165) is 10.3 Å². The van der Waals surface area contributed by atoms with E-state index in [-0.39, 0.29) is 18.7 Å². The lowest BCUT2D eigenvalue weighted by molar-refractivity contribution is -0.469. The van der Waals surface area contributed by atoms with E-state index in [1.807, 2.05) is 30.3 Å². The molecule has 0 amide bonds. The van der Waals surface area contributed by atoms with Crippen LogP contribution in [0.15, 0.2) is 52.8 Å². The van der Waals surface area contributed by atoms with Crippen molar-refractivity contribution < 1.29 is 17.9 Å². The van der Waals surface area contributed by atoms with Crippen LogP contribution in [-0.2, 0) is 6.54 Å². The molecule has 0 unspecified atom stereocenters. The standard InChI is InChI=1S/C15H13F3N2OS2/c16-13(14(17)18)6-7-22-15-19-8-12(23-15)10-20(21)9-11-4-2-1-3-5-11/h1-5,8,10H,6-7,9H2/b20-10-. The number of benzene rings is 1. The summed E-state index contributed by atoms with van der Waals surface area (Å²) in [5.41, 5.74) is 0.897. The van der Waals surface area contributed by atoms with Gasteiger partial charge in [0.2, 0.25) is 0 Å². The third-order valence-electron chi connectivity index (χ3n) is 2.71. The molecule has 0 atom stereocenters. The topological polar surface area (TPSA) is 39.0 Å². The molecule has 122 valence electrons. The first kappa shape index (κ1) is 17.6. The van der Waals surface area contributed by atoms with Crippen molar-refractivity contribution in [2.24, 2.45) is 0 Å². The highest BCUT2D eigenvalue weighted by atomic mass is 32.2. The largest absolute Gasteiger partial charge is 0.624 e. The van der Waals surface area contributed by atoms with E-state index in [0.29, 0.717) is 9.22 Å². The number of hydrogen-bond acceptors (Lipinski definition) is 4. The molecular weight excluding hydrogens is 345 g/mol. The lowest BCUT2D eigenvalue weighted by Gasteiger charge is -2.02. The predicted molar refractivity (Wildman–Crippen MR) is 86.7 cm³/mol. The normalized spacial score (nSPS) is 11.5. The third kappa shape index (κ3) is 6.07. The van der Waals surface area contributed by atoms with Crippen LogP contribution in [0.3, 0.4) is 0 Å². The molecular formula is C15H13F3N2OS2. The predicted octanol–water partition coefficient (Wildman–Crippen LogP) is 4.83.